The van der Waals surface area contributed by atoms with Crippen LogP contribution in [0.25, 0.3) is 0 Å². The van der Waals surface area contributed by atoms with E-state index in [2.05, 4.69) is 10.1 Å². The third kappa shape index (κ3) is 5.15. The molecule has 4 nitrogen and oxygen atoms in total. The summed E-state index contributed by atoms with van der Waals surface area (Å²) in [6.45, 7) is 1.41. The van der Waals surface area contributed by atoms with Gasteiger partial charge in [0.25, 0.3) is 5.91 Å². The van der Waals surface area contributed by atoms with Crippen LogP contribution in [0.1, 0.15) is 6.92 Å². The van der Waals surface area contributed by atoms with Gasteiger partial charge in [0.15, 0.2) is 11.9 Å². The molecule has 0 radical (unpaired) electrons. The molecule has 8 heteroatoms. The van der Waals surface area contributed by atoms with Crippen molar-refractivity contribution in [3.05, 3.63) is 54.3 Å². The van der Waals surface area contributed by atoms with E-state index in [1.807, 2.05) is 0 Å². The van der Waals surface area contributed by atoms with Gasteiger partial charge in [-0.1, -0.05) is 12.1 Å². The van der Waals surface area contributed by atoms with Gasteiger partial charge in [-0.25, -0.2) is 4.39 Å². The topological polar surface area (TPSA) is 47.6 Å². The Morgan fingerprint density at radius 2 is 1.71 bits per heavy atom. The second kappa shape index (κ2) is 7.20. The standard InChI is InChI=1S/C16H13F4NO3/c1-10(23-12-8-6-11(17)7-9-12)15(22)21-13-4-2-3-5-14(13)24-16(18,19)20/h2-10H,1H3,(H,21,22). The Hall–Kier alpha value is -2.77. The van der Waals surface area contributed by atoms with Crippen molar-refractivity contribution >= 4 is 11.6 Å². The van der Waals surface area contributed by atoms with Crippen LogP contribution in [-0.4, -0.2) is 18.4 Å². The zero-order valence-corrected chi connectivity index (χ0v) is 12.4. The average Bonchev–Trinajstić information content (AvgIpc) is 2.50. The first-order valence-corrected chi connectivity index (χ1v) is 6.82. The number of benzene rings is 2. The molecule has 0 aliphatic carbocycles. The van der Waals surface area contributed by atoms with Crippen LogP contribution in [0, 0.1) is 5.82 Å². The molecule has 24 heavy (non-hydrogen) atoms. The van der Waals surface area contributed by atoms with Gasteiger partial charge in [-0.3, -0.25) is 4.79 Å². The minimum absolute atomic E-state index is 0.144. The lowest BCUT2D eigenvalue weighted by atomic mass is 10.2. The van der Waals surface area contributed by atoms with E-state index in [1.165, 1.54) is 37.3 Å². The summed E-state index contributed by atoms with van der Waals surface area (Å²) in [5.74, 6) is -1.43. The highest BCUT2D eigenvalue weighted by Gasteiger charge is 2.32. The number of nitrogens with one attached hydrogen (secondary N) is 1. The molecule has 0 spiro atoms. The summed E-state index contributed by atoms with van der Waals surface area (Å²) in [5, 5.41) is 2.30. The van der Waals surface area contributed by atoms with Crippen molar-refractivity contribution in [2.75, 3.05) is 5.32 Å². The molecule has 0 aromatic heterocycles. The van der Waals surface area contributed by atoms with Crippen LogP contribution < -0.4 is 14.8 Å². The largest absolute Gasteiger partial charge is 0.573 e. The number of ether oxygens (including phenoxy) is 2. The van der Waals surface area contributed by atoms with E-state index in [1.54, 1.807) is 0 Å². The number of halogens is 4. The van der Waals surface area contributed by atoms with Crippen LogP contribution in [0.3, 0.4) is 0 Å². The van der Waals surface area contributed by atoms with E-state index in [9.17, 15) is 22.4 Å². The van der Waals surface area contributed by atoms with Crippen molar-refractivity contribution in [1.82, 2.24) is 0 Å². The smallest absolute Gasteiger partial charge is 0.481 e. The van der Waals surface area contributed by atoms with Crippen molar-refractivity contribution in [3.8, 4) is 11.5 Å². The zero-order valence-electron chi connectivity index (χ0n) is 12.4. The van der Waals surface area contributed by atoms with Crippen molar-refractivity contribution < 1.29 is 31.8 Å². The summed E-state index contributed by atoms with van der Waals surface area (Å²) in [4.78, 5) is 12.1. The fourth-order valence-corrected chi connectivity index (χ4v) is 1.79. The van der Waals surface area contributed by atoms with Crippen molar-refractivity contribution in [1.29, 1.82) is 0 Å². The monoisotopic (exact) mass is 343 g/mol. The van der Waals surface area contributed by atoms with Gasteiger partial charge in [-0.2, -0.15) is 0 Å². The van der Waals surface area contributed by atoms with Crippen LogP contribution in [0.5, 0.6) is 11.5 Å². The first-order chi connectivity index (χ1) is 11.2. The normalized spacial score (nSPS) is 12.4. The van der Waals surface area contributed by atoms with Gasteiger partial charge in [0.05, 0.1) is 5.69 Å². The molecule has 1 unspecified atom stereocenters. The lowest BCUT2D eigenvalue weighted by Gasteiger charge is -2.17. The molecular weight excluding hydrogens is 330 g/mol. The van der Waals surface area contributed by atoms with Gasteiger partial charge in [0, 0.05) is 0 Å². The predicted molar refractivity (Wildman–Crippen MR) is 78.2 cm³/mol. The summed E-state index contributed by atoms with van der Waals surface area (Å²) in [6.07, 6.45) is -5.90. The number of rotatable bonds is 5. The fourth-order valence-electron chi connectivity index (χ4n) is 1.79. The molecular formula is C16H13F4NO3. The Morgan fingerprint density at radius 1 is 1.08 bits per heavy atom. The molecule has 2 aromatic carbocycles. The van der Waals surface area contributed by atoms with Gasteiger partial charge in [0.2, 0.25) is 0 Å². The molecule has 0 saturated heterocycles. The second-order valence-electron chi connectivity index (χ2n) is 4.75. The SMILES string of the molecule is CC(Oc1ccc(F)cc1)C(=O)Nc1ccccc1OC(F)(F)F. The number of amides is 1. The molecule has 0 fully saturated rings. The summed E-state index contributed by atoms with van der Waals surface area (Å²) < 4.78 is 59.0. The number of para-hydroxylation sites is 2. The van der Waals surface area contributed by atoms with Crippen LogP contribution in [-0.2, 0) is 4.79 Å². The first-order valence-electron chi connectivity index (χ1n) is 6.82. The minimum atomic E-state index is -4.88. The van der Waals surface area contributed by atoms with Gasteiger partial charge in [-0.05, 0) is 43.3 Å². The number of hydrogen-bond acceptors (Lipinski definition) is 3. The minimum Gasteiger partial charge on any atom is -0.481 e. The molecule has 128 valence electrons. The van der Waals surface area contributed by atoms with E-state index in [0.29, 0.717) is 0 Å². The summed E-state index contributed by atoms with van der Waals surface area (Å²) in [5.41, 5.74) is -0.144. The van der Waals surface area contributed by atoms with E-state index in [-0.39, 0.29) is 11.4 Å². The molecule has 1 atom stereocenters. The molecule has 0 aliphatic heterocycles. The fraction of sp³-hybridized carbons (Fsp3) is 0.188. The first kappa shape index (κ1) is 17.6. The van der Waals surface area contributed by atoms with E-state index < -0.39 is 29.9 Å². The lowest BCUT2D eigenvalue weighted by Crippen LogP contribution is -2.30. The van der Waals surface area contributed by atoms with Gasteiger partial charge < -0.3 is 14.8 Å². The Balaban J connectivity index is 2.05. The molecule has 0 bridgehead atoms. The van der Waals surface area contributed by atoms with Gasteiger partial charge in [0.1, 0.15) is 11.6 Å². The summed E-state index contributed by atoms with van der Waals surface area (Å²) in [6, 6.07) is 10.1. The molecule has 0 heterocycles. The highest BCUT2D eigenvalue weighted by atomic mass is 19.4. The maximum atomic E-state index is 12.8. The lowest BCUT2D eigenvalue weighted by molar-refractivity contribution is -0.274. The van der Waals surface area contributed by atoms with Gasteiger partial charge >= 0.3 is 6.36 Å². The summed E-state index contributed by atoms with van der Waals surface area (Å²) >= 11 is 0. The number of anilines is 1. The van der Waals surface area contributed by atoms with Gasteiger partial charge in [-0.15, -0.1) is 13.2 Å². The molecule has 0 saturated carbocycles. The Labute approximate surface area is 135 Å². The number of hydrogen-bond donors (Lipinski definition) is 1. The molecule has 0 aliphatic rings. The summed E-state index contributed by atoms with van der Waals surface area (Å²) in [7, 11) is 0. The van der Waals surface area contributed by atoms with E-state index >= 15 is 0 Å². The second-order valence-corrected chi connectivity index (χ2v) is 4.75. The maximum Gasteiger partial charge on any atom is 0.573 e. The Bertz CT molecular complexity index is 701. The average molecular weight is 343 g/mol. The van der Waals surface area contributed by atoms with Crippen LogP contribution >= 0.6 is 0 Å². The third-order valence-corrected chi connectivity index (χ3v) is 2.87. The Kier molecular flexibility index (Phi) is 5.28. The molecule has 1 N–H and O–H groups in total. The molecule has 1 amide bonds. The zero-order chi connectivity index (χ0) is 17.7. The van der Waals surface area contributed by atoms with Crippen LogP contribution in [0.4, 0.5) is 23.2 Å². The van der Waals surface area contributed by atoms with Crippen molar-refractivity contribution in [2.45, 2.75) is 19.4 Å². The van der Waals surface area contributed by atoms with E-state index in [4.69, 9.17) is 4.74 Å². The predicted octanol–water partition coefficient (Wildman–Crippen LogP) is 4.13. The highest BCUT2D eigenvalue weighted by molar-refractivity contribution is 5.95. The number of carbonyl (C=O) groups is 1. The maximum absolute atomic E-state index is 12.8. The quantitative estimate of drug-likeness (QED) is 0.831. The number of alkyl halides is 3. The van der Waals surface area contributed by atoms with Crippen LogP contribution in [0.2, 0.25) is 0 Å². The third-order valence-electron chi connectivity index (χ3n) is 2.87. The van der Waals surface area contributed by atoms with Crippen molar-refractivity contribution in [3.63, 3.8) is 0 Å². The van der Waals surface area contributed by atoms with E-state index in [0.717, 1.165) is 18.2 Å². The van der Waals surface area contributed by atoms with Crippen molar-refractivity contribution in [2.24, 2.45) is 0 Å². The molecule has 2 aromatic rings. The molecule has 2 rings (SSSR count). The number of carbonyl (C=O) groups excluding carboxylic acids is 1. The van der Waals surface area contributed by atoms with Crippen LogP contribution in [0.15, 0.2) is 48.5 Å². The highest BCUT2D eigenvalue weighted by Crippen LogP contribution is 2.30. The Morgan fingerprint density at radius 3 is 2.33 bits per heavy atom.